The molecule has 2 aliphatic rings. The molecule has 0 spiro atoms. The summed E-state index contributed by atoms with van der Waals surface area (Å²) in [7, 11) is 1.35. The second kappa shape index (κ2) is 6.50. The molecule has 1 aromatic carbocycles. The Kier molecular flexibility index (Phi) is 4.43. The third kappa shape index (κ3) is 2.89. The average molecular weight is 364 g/mol. The van der Waals surface area contributed by atoms with Crippen molar-refractivity contribution in [3.8, 4) is 0 Å². The van der Waals surface area contributed by atoms with E-state index in [1.54, 1.807) is 12.3 Å². The number of hydrogen-bond acceptors (Lipinski definition) is 3. The van der Waals surface area contributed by atoms with Crippen LogP contribution in [0.15, 0.2) is 30.5 Å². The Morgan fingerprint density at radius 1 is 1.15 bits per heavy atom. The van der Waals surface area contributed by atoms with Gasteiger partial charge in [-0.3, -0.25) is 10.3 Å². The molecule has 2 aromatic rings. The molecule has 26 heavy (non-hydrogen) atoms. The summed E-state index contributed by atoms with van der Waals surface area (Å²) < 4.78 is 42.4. The van der Waals surface area contributed by atoms with Gasteiger partial charge in [0.25, 0.3) is 5.92 Å². The van der Waals surface area contributed by atoms with Gasteiger partial charge in [-0.05, 0) is 80.3 Å². The van der Waals surface area contributed by atoms with Gasteiger partial charge in [0.15, 0.2) is 6.23 Å². The number of aromatic nitrogens is 1. The lowest BCUT2D eigenvalue weighted by Crippen LogP contribution is -2.47. The Balaban J connectivity index is 1.53. The molecule has 1 heterocycles. The lowest BCUT2D eigenvalue weighted by atomic mass is 9.88. The second-order valence-corrected chi connectivity index (χ2v) is 7.78. The number of aliphatic hydroxyl groups is 1. The fraction of sp³-hybridized carbons (Fsp3) is 0.550. The van der Waals surface area contributed by atoms with Crippen LogP contribution in [0.25, 0.3) is 10.9 Å². The highest BCUT2D eigenvalue weighted by atomic mass is 19.3. The molecule has 3 nitrogen and oxygen atoms in total. The number of nitrogens with one attached hydrogen (secondary N) is 1. The van der Waals surface area contributed by atoms with Crippen LogP contribution in [0.1, 0.15) is 37.2 Å². The maximum Gasteiger partial charge on any atom is 0.289 e. The largest absolute Gasteiger partial charge is 0.372 e. The summed E-state index contributed by atoms with van der Waals surface area (Å²) in [6, 6.07) is 6.54. The molecule has 4 rings (SSSR count). The minimum atomic E-state index is -3.11. The van der Waals surface area contributed by atoms with Gasteiger partial charge in [-0.25, -0.2) is 13.2 Å². The number of fused-ring (bicyclic) bond motifs is 2. The summed E-state index contributed by atoms with van der Waals surface area (Å²) in [4.78, 5) is 4.30. The summed E-state index contributed by atoms with van der Waals surface area (Å²) in [5, 5.41) is 12.7. The van der Waals surface area contributed by atoms with E-state index < -0.39 is 18.1 Å². The Labute approximate surface area is 150 Å². The smallest absolute Gasteiger partial charge is 0.289 e. The van der Waals surface area contributed by atoms with Crippen molar-refractivity contribution in [1.29, 1.82) is 0 Å². The van der Waals surface area contributed by atoms with Crippen molar-refractivity contribution in [3.63, 3.8) is 0 Å². The van der Waals surface area contributed by atoms with Crippen molar-refractivity contribution in [3.05, 3.63) is 41.8 Å². The Morgan fingerprint density at radius 2 is 1.85 bits per heavy atom. The van der Waals surface area contributed by atoms with Crippen LogP contribution in [0.2, 0.25) is 0 Å². The fourth-order valence-electron chi connectivity index (χ4n) is 5.10. The number of nitrogens with zero attached hydrogens (tertiary/aromatic N) is 1. The van der Waals surface area contributed by atoms with Crippen molar-refractivity contribution < 1.29 is 18.3 Å². The highest BCUT2D eigenvalue weighted by molar-refractivity contribution is 5.82. The summed E-state index contributed by atoms with van der Waals surface area (Å²) >= 11 is 0. The van der Waals surface area contributed by atoms with Gasteiger partial charge in [0.05, 0.1) is 5.52 Å². The van der Waals surface area contributed by atoms with Crippen molar-refractivity contribution in [2.75, 3.05) is 7.05 Å². The van der Waals surface area contributed by atoms with E-state index in [4.69, 9.17) is 0 Å². The summed E-state index contributed by atoms with van der Waals surface area (Å²) in [6.45, 7) is 0. The topological polar surface area (TPSA) is 45.1 Å². The van der Waals surface area contributed by atoms with Gasteiger partial charge in [0, 0.05) is 17.5 Å². The third-order valence-electron chi connectivity index (χ3n) is 6.38. The zero-order valence-electron chi connectivity index (χ0n) is 14.6. The highest BCUT2D eigenvalue weighted by Crippen LogP contribution is 2.56. The molecular formula is C20H23F3N2O. The van der Waals surface area contributed by atoms with Gasteiger partial charge in [0.2, 0.25) is 0 Å². The minimum absolute atomic E-state index is 0.233. The maximum atomic E-state index is 14.3. The van der Waals surface area contributed by atoms with Crippen LogP contribution in [0, 0.1) is 23.6 Å². The van der Waals surface area contributed by atoms with Crippen molar-refractivity contribution in [1.82, 2.24) is 10.3 Å². The number of halogens is 3. The molecule has 0 bridgehead atoms. The fourth-order valence-corrected chi connectivity index (χ4v) is 5.10. The highest BCUT2D eigenvalue weighted by Gasteiger charge is 2.53. The quantitative estimate of drug-likeness (QED) is 0.804. The van der Waals surface area contributed by atoms with Crippen molar-refractivity contribution in [2.45, 2.75) is 43.8 Å². The molecule has 3 unspecified atom stereocenters. The SMILES string of the molecule is CNC(O)C(F)(F)C1CC2CC(c3ccnc4ccc(F)cc34)CC2C1. The molecule has 0 saturated heterocycles. The van der Waals surface area contributed by atoms with E-state index in [9.17, 15) is 18.3 Å². The first-order chi connectivity index (χ1) is 12.4. The van der Waals surface area contributed by atoms with Crippen LogP contribution in [0.3, 0.4) is 0 Å². The molecule has 0 radical (unpaired) electrons. The predicted molar refractivity (Wildman–Crippen MR) is 93.4 cm³/mol. The van der Waals surface area contributed by atoms with E-state index in [2.05, 4.69) is 10.3 Å². The summed E-state index contributed by atoms with van der Waals surface area (Å²) in [6.07, 6.45) is 2.48. The van der Waals surface area contributed by atoms with E-state index in [1.807, 2.05) is 6.07 Å². The lowest BCUT2D eigenvalue weighted by molar-refractivity contribution is -0.157. The van der Waals surface area contributed by atoms with Gasteiger partial charge in [0.1, 0.15) is 5.82 Å². The normalized spacial score (nSPS) is 29.9. The van der Waals surface area contributed by atoms with E-state index in [0.717, 1.165) is 29.3 Å². The Hall–Kier alpha value is -1.66. The van der Waals surface area contributed by atoms with Gasteiger partial charge in [-0.2, -0.15) is 0 Å². The zero-order valence-corrected chi connectivity index (χ0v) is 14.6. The van der Waals surface area contributed by atoms with Crippen LogP contribution in [-0.2, 0) is 0 Å². The molecule has 3 atom stereocenters. The Morgan fingerprint density at radius 3 is 2.50 bits per heavy atom. The molecule has 1 aromatic heterocycles. The van der Waals surface area contributed by atoms with Gasteiger partial charge in [-0.1, -0.05) is 0 Å². The van der Waals surface area contributed by atoms with Crippen LogP contribution in [0.5, 0.6) is 0 Å². The minimum Gasteiger partial charge on any atom is -0.372 e. The number of pyridine rings is 1. The van der Waals surface area contributed by atoms with Gasteiger partial charge < -0.3 is 5.11 Å². The van der Waals surface area contributed by atoms with E-state index in [0.29, 0.717) is 12.8 Å². The van der Waals surface area contributed by atoms with Crippen LogP contribution >= 0.6 is 0 Å². The molecule has 2 fully saturated rings. The van der Waals surface area contributed by atoms with Gasteiger partial charge in [-0.15, -0.1) is 0 Å². The van der Waals surface area contributed by atoms with E-state index >= 15 is 0 Å². The molecule has 2 saturated carbocycles. The summed E-state index contributed by atoms with van der Waals surface area (Å²) in [5.74, 6) is -3.46. The van der Waals surface area contributed by atoms with Crippen LogP contribution in [0.4, 0.5) is 13.2 Å². The maximum absolute atomic E-state index is 14.3. The predicted octanol–water partition coefficient (Wildman–Crippen LogP) is 4.07. The second-order valence-electron chi connectivity index (χ2n) is 7.78. The number of alkyl halides is 2. The molecule has 0 aliphatic heterocycles. The third-order valence-corrected chi connectivity index (χ3v) is 6.38. The lowest BCUT2D eigenvalue weighted by Gasteiger charge is -2.28. The number of hydrogen-bond donors (Lipinski definition) is 2. The monoisotopic (exact) mass is 364 g/mol. The number of benzene rings is 1. The van der Waals surface area contributed by atoms with Gasteiger partial charge >= 0.3 is 0 Å². The first kappa shape index (κ1) is 17.7. The summed E-state index contributed by atoms with van der Waals surface area (Å²) in [5.41, 5.74) is 1.84. The van der Waals surface area contributed by atoms with E-state index in [-0.39, 0.29) is 23.6 Å². The molecule has 2 N–H and O–H groups in total. The van der Waals surface area contributed by atoms with Crippen molar-refractivity contribution >= 4 is 10.9 Å². The van der Waals surface area contributed by atoms with E-state index in [1.165, 1.54) is 19.2 Å². The Bertz CT molecular complexity index is 799. The molecule has 140 valence electrons. The van der Waals surface area contributed by atoms with Crippen LogP contribution < -0.4 is 5.32 Å². The first-order valence-corrected chi connectivity index (χ1v) is 9.17. The zero-order chi connectivity index (χ0) is 18.5. The molecule has 0 amide bonds. The standard InChI is InChI=1S/C20H23F3N2O/c1-24-19(26)20(22,23)14-8-11-6-13(7-12(11)9-14)16-4-5-25-18-3-2-15(21)10-17(16)18/h2-5,10-14,19,24,26H,6-9H2,1H3. The average Bonchev–Trinajstić information content (AvgIpc) is 3.19. The molecule has 2 aliphatic carbocycles. The number of aliphatic hydroxyl groups excluding tert-OH is 1. The van der Waals surface area contributed by atoms with Crippen molar-refractivity contribution in [2.24, 2.45) is 17.8 Å². The van der Waals surface area contributed by atoms with Crippen LogP contribution in [-0.4, -0.2) is 29.3 Å². The first-order valence-electron chi connectivity index (χ1n) is 9.17. The molecule has 6 heteroatoms. The molecular weight excluding hydrogens is 341 g/mol. The number of rotatable bonds is 4.